The highest BCUT2D eigenvalue weighted by Gasteiger charge is 2.45. The first kappa shape index (κ1) is 20.1. The zero-order valence-corrected chi connectivity index (χ0v) is 17.7. The predicted molar refractivity (Wildman–Crippen MR) is 111 cm³/mol. The molecular formula is C21H33N3O3S. The van der Waals surface area contributed by atoms with Gasteiger partial charge in [-0.1, -0.05) is 6.07 Å². The van der Waals surface area contributed by atoms with E-state index in [1.165, 1.54) is 11.1 Å². The molecule has 3 aliphatic heterocycles. The Bertz CT molecular complexity index is 798. The molecule has 2 N–H and O–H groups in total. The van der Waals surface area contributed by atoms with Crippen LogP contribution < -0.4 is 10.5 Å². The third-order valence-electron chi connectivity index (χ3n) is 6.66. The maximum atomic E-state index is 13.0. The number of hydrogen-bond acceptors (Lipinski definition) is 5. The average molecular weight is 408 g/mol. The molecule has 4 rings (SSSR count). The first-order chi connectivity index (χ1) is 13.5. The number of nitrogens with two attached hydrogens (primary N) is 1. The molecule has 3 heterocycles. The second kappa shape index (κ2) is 8.30. The fourth-order valence-electron chi connectivity index (χ4n) is 5.38. The summed E-state index contributed by atoms with van der Waals surface area (Å²) < 4.78 is 33.4. The summed E-state index contributed by atoms with van der Waals surface area (Å²) >= 11 is 0. The summed E-state index contributed by atoms with van der Waals surface area (Å²) in [5, 5.41) is 0. The molecule has 0 bridgehead atoms. The molecule has 0 aliphatic carbocycles. The molecule has 3 atom stereocenters. The van der Waals surface area contributed by atoms with Crippen LogP contribution in [0, 0.1) is 5.92 Å². The van der Waals surface area contributed by atoms with Gasteiger partial charge in [0.15, 0.2) is 0 Å². The van der Waals surface area contributed by atoms with E-state index in [9.17, 15) is 8.42 Å². The standard InChI is InChI=1S/C21H33N3O3S/c1-2-27-18-6-7-19-16(13-18)8-11-23-15-17-5-3-10-24(20(17)14-21(19)23)28(25,26)12-4-9-22/h6-7,13,17,20-21H,2-5,8-12,14-15,22H2,1H3/t17-,20+,21-/m0/s1. The molecule has 0 aromatic heterocycles. The van der Waals surface area contributed by atoms with Crippen molar-refractivity contribution in [3.8, 4) is 5.75 Å². The number of nitrogens with zero attached hydrogens (tertiary/aromatic N) is 2. The van der Waals surface area contributed by atoms with Crippen molar-refractivity contribution in [2.24, 2.45) is 11.7 Å². The molecular weight excluding hydrogens is 374 g/mol. The minimum absolute atomic E-state index is 0.121. The van der Waals surface area contributed by atoms with E-state index in [0.29, 0.717) is 38.1 Å². The van der Waals surface area contributed by atoms with Gasteiger partial charge in [0, 0.05) is 31.7 Å². The monoisotopic (exact) mass is 407 g/mol. The van der Waals surface area contributed by atoms with E-state index >= 15 is 0 Å². The maximum Gasteiger partial charge on any atom is 0.214 e. The summed E-state index contributed by atoms with van der Waals surface area (Å²) in [4.78, 5) is 2.58. The zero-order valence-electron chi connectivity index (χ0n) is 16.8. The lowest BCUT2D eigenvalue weighted by Gasteiger charge is -2.51. The summed E-state index contributed by atoms with van der Waals surface area (Å²) in [5.74, 6) is 1.56. The van der Waals surface area contributed by atoms with E-state index in [1.54, 1.807) is 0 Å². The van der Waals surface area contributed by atoms with Crippen LogP contribution in [0.3, 0.4) is 0 Å². The smallest absolute Gasteiger partial charge is 0.214 e. The van der Waals surface area contributed by atoms with E-state index in [-0.39, 0.29) is 11.8 Å². The molecule has 0 amide bonds. The molecule has 1 aromatic rings. The Morgan fingerprint density at radius 1 is 1.29 bits per heavy atom. The van der Waals surface area contributed by atoms with E-state index < -0.39 is 10.0 Å². The molecule has 2 fully saturated rings. The van der Waals surface area contributed by atoms with Crippen molar-refractivity contribution < 1.29 is 13.2 Å². The fourth-order valence-corrected chi connectivity index (χ4v) is 7.22. The Morgan fingerprint density at radius 3 is 2.93 bits per heavy atom. The number of fused-ring (bicyclic) bond motifs is 4. The van der Waals surface area contributed by atoms with Crippen molar-refractivity contribution in [1.29, 1.82) is 0 Å². The van der Waals surface area contributed by atoms with E-state index in [4.69, 9.17) is 10.5 Å². The van der Waals surface area contributed by atoms with Gasteiger partial charge >= 0.3 is 0 Å². The SMILES string of the molecule is CCOc1ccc2c(c1)CCN1C[C@@H]3CCCN(S(=O)(=O)CCCN)[C@@H]3C[C@@H]21. The van der Waals surface area contributed by atoms with Gasteiger partial charge in [0.2, 0.25) is 10.0 Å². The largest absolute Gasteiger partial charge is 0.494 e. The molecule has 6 nitrogen and oxygen atoms in total. The Labute approximate surface area is 169 Å². The van der Waals surface area contributed by atoms with E-state index in [1.807, 2.05) is 11.2 Å². The number of piperidine rings is 2. The predicted octanol–water partition coefficient (Wildman–Crippen LogP) is 2.15. The van der Waals surface area contributed by atoms with Gasteiger partial charge in [-0.15, -0.1) is 0 Å². The van der Waals surface area contributed by atoms with Crippen LogP contribution in [0.25, 0.3) is 0 Å². The van der Waals surface area contributed by atoms with Crippen LogP contribution in [0.1, 0.15) is 49.8 Å². The number of rotatable bonds is 6. The summed E-state index contributed by atoms with van der Waals surface area (Å²) in [7, 11) is -3.23. The molecule has 156 valence electrons. The average Bonchev–Trinajstić information content (AvgIpc) is 2.70. The molecule has 0 unspecified atom stereocenters. The Hall–Kier alpha value is -1.15. The van der Waals surface area contributed by atoms with Crippen molar-refractivity contribution in [2.75, 3.05) is 38.5 Å². The Morgan fingerprint density at radius 2 is 2.14 bits per heavy atom. The molecule has 28 heavy (non-hydrogen) atoms. The minimum atomic E-state index is -3.23. The lowest BCUT2D eigenvalue weighted by Crippen LogP contribution is -2.57. The van der Waals surface area contributed by atoms with Crippen LogP contribution in [0.2, 0.25) is 0 Å². The summed E-state index contributed by atoms with van der Waals surface area (Å²) in [6.45, 7) is 5.82. The lowest BCUT2D eigenvalue weighted by atomic mass is 9.77. The molecule has 1 aromatic carbocycles. The number of ether oxygens (including phenoxy) is 1. The summed E-state index contributed by atoms with van der Waals surface area (Å²) in [6.07, 6.45) is 4.58. The van der Waals surface area contributed by atoms with Crippen molar-refractivity contribution in [1.82, 2.24) is 9.21 Å². The van der Waals surface area contributed by atoms with Gasteiger partial charge in [0.05, 0.1) is 12.4 Å². The van der Waals surface area contributed by atoms with Gasteiger partial charge in [-0.05, 0) is 74.8 Å². The normalized spacial score (nSPS) is 28.3. The first-order valence-corrected chi connectivity index (χ1v) is 12.3. The Balaban J connectivity index is 1.59. The van der Waals surface area contributed by atoms with E-state index in [0.717, 1.165) is 44.5 Å². The van der Waals surface area contributed by atoms with Crippen LogP contribution in [0.5, 0.6) is 5.75 Å². The quantitative estimate of drug-likeness (QED) is 0.782. The van der Waals surface area contributed by atoms with Gasteiger partial charge < -0.3 is 10.5 Å². The maximum absolute atomic E-state index is 13.0. The molecule has 2 saturated heterocycles. The highest BCUT2D eigenvalue weighted by Crippen LogP contribution is 2.44. The number of hydrogen-bond donors (Lipinski definition) is 1. The second-order valence-corrected chi connectivity index (χ2v) is 10.4. The van der Waals surface area contributed by atoms with Crippen LogP contribution in [-0.2, 0) is 16.4 Å². The topological polar surface area (TPSA) is 75.9 Å². The third kappa shape index (κ3) is 3.82. The molecule has 0 saturated carbocycles. The van der Waals surface area contributed by atoms with Crippen LogP contribution in [0.4, 0.5) is 0 Å². The highest BCUT2D eigenvalue weighted by atomic mass is 32.2. The Kier molecular flexibility index (Phi) is 5.97. The van der Waals surface area contributed by atoms with Crippen LogP contribution >= 0.6 is 0 Å². The van der Waals surface area contributed by atoms with Gasteiger partial charge in [-0.25, -0.2) is 8.42 Å². The van der Waals surface area contributed by atoms with Gasteiger partial charge in [-0.2, -0.15) is 4.31 Å². The van der Waals surface area contributed by atoms with Crippen molar-refractivity contribution in [3.63, 3.8) is 0 Å². The van der Waals surface area contributed by atoms with Gasteiger partial charge in [-0.3, -0.25) is 4.90 Å². The van der Waals surface area contributed by atoms with Crippen LogP contribution in [-0.4, -0.2) is 62.2 Å². The highest BCUT2D eigenvalue weighted by molar-refractivity contribution is 7.89. The lowest BCUT2D eigenvalue weighted by molar-refractivity contribution is 0.0219. The van der Waals surface area contributed by atoms with Gasteiger partial charge in [0.25, 0.3) is 0 Å². The summed E-state index contributed by atoms with van der Waals surface area (Å²) in [6, 6.07) is 6.88. The molecule has 7 heteroatoms. The number of benzene rings is 1. The van der Waals surface area contributed by atoms with Crippen molar-refractivity contribution >= 4 is 10.0 Å². The third-order valence-corrected chi connectivity index (χ3v) is 8.63. The second-order valence-electron chi connectivity index (χ2n) is 8.33. The van der Waals surface area contributed by atoms with Crippen LogP contribution in [0.15, 0.2) is 18.2 Å². The van der Waals surface area contributed by atoms with Gasteiger partial charge in [0.1, 0.15) is 5.75 Å². The molecule has 3 aliphatic rings. The minimum Gasteiger partial charge on any atom is -0.494 e. The number of sulfonamides is 1. The van der Waals surface area contributed by atoms with E-state index in [2.05, 4.69) is 23.1 Å². The first-order valence-electron chi connectivity index (χ1n) is 10.7. The molecule has 0 spiro atoms. The van der Waals surface area contributed by atoms with Crippen molar-refractivity contribution in [3.05, 3.63) is 29.3 Å². The fraction of sp³-hybridized carbons (Fsp3) is 0.714. The summed E-state index contributed by atoms with van der Waals surface area (Å²) in [5.41, 5.74) is 8.29. The zero-order chi connectivity index (χ0) is 19.7. The molecule has 0 radical (unpaired) electrons. The van der Waals surface area contributed by atoms with Crippen molar-refractivity contribution in [2.45, 2.75) is 51.1 Å².